The van der Waals surface area contributed by atoms with Crippen LogP contribution in [0.3, 0.4) is 0 Å². The van der Waals surface area contributed by atoms with Gasteiger partial charge in [-0.1, -0.05) is 24.8 Å². The number of hydrogen-bond donors (Lipinski definition) is 0. The van der Waals surface area contributed by atoms with Crippen LogP contribution < -0.4 is 0 Å². The first-order valence-electron chi connectivity index (χ1n) is 6.78. The minimum atomic E-state index is 0.318. The molecule has 2 nitrogen and oxygen atoms in total. The number of thiophene rings is 1. The van der Waals surface area contributed by atoms with Crippen LogP contribution in [0.15, 0.2) is 34.2 Å². The van der Waals surface area contributed by atoms with Gasteiger partial charge in [0.15, 0.2) is 0 Å². The zero-order valence-corrected chi connectivity index (χ0v) is 14.5. The van der Waals surface area contributed by atoms with Crippen molar-refractivity contribution in [2.24, 2.45) is 0 Å². The van der Waals surface area contributed by atoms with Gasteiger partial charge in [0, 0.05) is 15.2 Å². The van der Waals surface area contributed by atoms with Gasteiger partial charge in [0.2, 0.25) is 5.28 Å². The number of nitrogens with zero attached hydrogens (tertiary/aromatic N) is 2. The fraction of sp³-hybridized carbons (Fsp3) is 0.250. The smallest absolute Gasteiger partial charge is 0.210 e. The summed E-state index contributed by atoms with van der Waals surface area (Å²) in [5, 5.41) is 2.35. The lowest BCUT2D eigenvalue weighted by molar-refractivity contribution is 1.10. The fourth-order valence-corrected chi connectivity index (χ4v) is 4.36. The molecule has 21 heavy (non-hydrogen) atoms. The lowest BCUT2D eigenvalue weighted by Crippen LogP contribution is -1.87. The van der Waals surface area contributed by atoms with Gasteiger partial charge in [0.25, 0.3) is 0 Å². The molecule has 108 valence electrons. The van der Waals surface area contributed by atoms with Crippen molar-refractivity contribution in [2.75, 3.05) is 0 Å². The van der Waals surface area contributed by atoms with Gasteiger partial charge < -0.3 is 0 Å². The highest BCUT2D eigenvalue weighted by molar-refractivity contribution is 7.99. The third-order valence-corrected chi connectivity index (χ3v) is 5.76. The second kappa shape index (κ2) is 5.95. The number of halogens is 1. The van der Waals surface area contributed by atoms with E-state index in [-0.39, 0.29) is 0 Å². The molecule has 3 rings (SSSR count). The van der Waals surface area contributed by atoms with E-state index >= 15 is 0 Å². The number of hydrogen-bond acceptors (Lipinski definition) is 4. The average molecular weight is 335 g/mol. The zero-order valence-electron chi connectivity index (χ0n) is 12.1. The van der Waals surface area contributed by atoms with E-state index in [0.29, 0.717) is 5.28 Å². The normalized spacial score (nSPS) is 11.2. The van der Waals surface area contributed by atoms with Gasteiger partial charge in [0.1, 0.15) is 9.86 Å². The largest absolute Gasteiger partial charge is 0.224 e. The second-order valence-electron chi connectivity index (χ2n) is 4.93. The first-order chi connectivity index (χ1) is 10.1. The predicted molar refractivity (Wildman–Crippen MR) is 91.8 cm³/mol. The van der Waals surface area contributed by atoms with Crippen molar-refractivity contribution in [3.8, 4) is 0 Å². The van der Waals surface area contributed by atoms with Crippen molar-refractivity contribution in [3.63, 3.8) is 0 Å². The summed E-state index contributed by atoms with van der Waals surface area (Å²) in [6.07, 6.45) is 1.01. The lowest BCUT2D eigenvalue weighted by atomic mass is 10.1. The molecule has 1 aromatic carbocycles. The summed E-state index contributed by atoms with van der Waals surface area (Å²) in [4.78, 5) is 12.2. The Morgan fingerprint density at radius 3 is 2.67 bits per heavy atom. The lowest BCUT2D eigenvalue weighted by Gasteiger charge is -2.05. The van der Waals surface area contributed by atoms with Crippen molar-refractivity contribution in [1.29, 1.82) is 0 Å². The molecule has 0 aliphatic rings. The van der Waals surface area contributed by atoms with Crippen LogP contribution >= 0.6 is 34.7 Å². The Labute approximate surface area is 137 Å². The van der Waals surface area contributed by atoms with E-state index in [1.54, 1.807) is 23.1 Å². The zero-order chi connectivity index (χ0) is 15.0. The number of fused-ring (bicyclic) bond motifs is 1. The summed E-state index contributed by atoms with van der Waals surface area (Å²) in [6.45, 7) is 6.40. The summed E-state index contributed by atoms with van der Waals surface area (Å²) < 4.78 is 0. The molecular formula is C16H15ClN2S2. The Kier molecular flexibility index (Phi) is 4.20. The Balaban J connectivity index is 2.06. The summed E-state index contributed by atoms with van der Waals surface area (Å²) in [6, 6.07) is 8.64. The number of benzene rings is 1. The van der Waals surface area contributed by atoms with E-state index in [9.17, 15) is 0 Å². The third kappa shape index (κ3) is 3.07. The second-order valence-corrected chi connectivity index (χ2v) is 7.45. The molecule has 0 unspecified atom stereocenters. The molecule has 0 radical (unpaired) electrons. The molecule has 0 aliphatic heterocycles. The minimum absolute atomic E-state index is 0.318. The highest BCUT2D eigenvalue weighted by Gasteiger charge is 2.12. The SMILES string of the molecule is CCc1cc2c(Sc3ccc(C)c(C)c3)nc(Cl)nc2s1. The first kappa shape index (κ1) is 14.8. The van der Waals surface area contributed by atoms with Crippen LogP contribution in [0.5, 0.6) is 0 Å². The summed E-state index contributed by atoms with van der Waals surface area (Å²) in [5.41, 5.74) is 2.59. The maximum atomic E-state index is 6.07. The maximum Gasteiger partial charge on any atom is 0.224 e. The van der Waals surface area contributed by atoms with E-state index in [1.807, 2.05) is 0 Å². The quantitative estimate of drug-likeness (QED) is 0.455. The van der Waals surface area contributed by atoms with Crippen molar-refractivity contribution >= 4 is 44.9 Å². The van der Waals surface area contributed by atoms with E-state index < -0.39 is 0 Å². The van der Waals surface area contributed by atoms with Crippen molar-refractivity contribution < 1.29 is 0 Å². The van der Waals surface area contributed by atoms with E-state index in [4.69, 9.17) is 11.6 Å². The molecule has 0 saturated carbocycles. The molecule has 3 aromatic rings. The van der Waals surface area contributed by atoms with Crippen molar-refractivity contribution in [2.45, 2.75) is 37.1 Å². The Hall–Kier alpha value is -1.10. The van der Waals surface area contributed by atoms with Crippen molar-refractivity contribution in [1.82, 2.24) is 9.97 Å². The summed E-state index contributed by atoms with van der Waals surface area (Å²) in [7, 11) is 0. The maximum absolute atomic E-state index is 6.07. The summed E-state index contributed by atoms with van der Waals surface area (Å²) in [5.74, 6) is 0. The number of aromatic nitrogens is 2. The number of rotatable bonds is 3. The van der Waals surface area contributed by atoms with Crippen LogP contribution in [-0.2, 0) is 6.42 Å². The van der Waals surface area contributed by atoms with Gasteiger partial charge in [-0.15, -0.1) is 11.3 Å². The molecule has 5 heteroatoms. The highest BCUT2D eigenvalue weighted by atomic mass is 35.5. The third-order valence-electron chi connectivity index (χ3n) is 3.42. The van der Waals surface area contributed by atoms with Gasteiger partial charge in [-0.2, -0.15) is 0 Å². The van der Waals surface area contributed by atoms with Gasteiger partial charge in [-0.25, -0.2) is 9.97 Å². The molecule has 0 fully saturated rings. The molecular weight excluding hydrogens is 320 g/mol. The van der Waals surface area contributed by atoms with E-state index in [2.05, 4.69) is 55.0 Å². The average Bonchev–Trinajstić information content (AvgIpc) is 2.86. The molecule has 0 amide bonds. The number of aryl methyl sites for hydroxylation is 3. The Bertz CT molecular complexity index is 811. The topological polar surface area (TPSA) is 25.8 Å². The van der Waals surface area contributed by atoms with Crippen LogP contribution in [0.2, 0.25) is 5.28 Å². The predicted octanol–water partition coefficient (Wildman–Crippen LogP) is 5.68. The van der Waals surface area contributed by atoms with Gasteiger partial charge >= 0.3 is 0 Å². The minimum Gasteiger partial charge on any atom is -0.210 e. The summed E-state index contributed by atoms with van der Waals surface area (Å²) >= 11 is 9.41. The van der Waals surface area contributed by atoms with Crippen LogP contribution in [0.1, 0.15) is 22.9 Å². The van der Waals surface area contributed by atoms with Crippen LogP contribution in [0.4, 0.5) is 0 Å². The Morgan fingerprint density at radius 2 is 1.95 bits per heavy atom. The molecule has 0 N–H and O–H groups in total. The van der Waals surface area contributed by atoms with Gasteiger partial charge in [-0.05, 0) is 61.2 Å². The van der Waals surface area contributed by atoms with Crippen molar-refractivity contribution in [3.05, 3.63) is 45.6 Å². The van der Waals surface area contributed by atoms with Crippen LogP contribution in [0, 0.1) is 13.8 Å². The molecule has 2 heterocycles. The molecule has 0 spiro atoms. The molecule has 2 aromatic heterocycles. The first-order valence-corrected chi connectivity index (χ1v) is 8.79. The monoisotopic (exact) mass is 334 g/mol. The Morgan fingerprint density at radius 1 is 1.14 bits per heavy atom. The highest BCUT2D eigenvalue weighted by Crippen LogP contribution is 2.36. The molecule has 0 bridgehead atoms. The van der Waals surface area contributed by atoms with Crippen LogP contribution in [0.25, 0.3) is 10.2 Å². The fourth-order valence-electron chi connectivity index (χ4n) is 2.06. The molecule has 0 atom stereocenters. The van der Waals surface area contributed by atoms with Crippen LogP contribution in [-0.4, -0.2) is 9.97 Å². The van der Waals surface area contributed by atoms with Gasteiger partial charge in [0.05, 0.1) is 0 Å². The standard InChI is InChI=1S/C16H15ClN2S2/c1-4-11-8-13-14(20-11)18-16(17)19-15(13)21-12-6-5-9(2)10(3)7-12/h5-8H,4H2,1-3H3. The van der Waals surface area contributed by atoms with E-state index in [0.717, 1.165) is 21.7 Å². The van der Waals surface area contributed by atoms with E-state index in [1.165, 1.54) is 20.9 Å². The van der Waals surface area contributed by atoms with Gasteiger partial charge in [-0.3, -0.25) is 0 Å². The molecule has 0 aliphatic carbocycles. The molecule has 0 saturated heterocycles.